The van der Waals surface area contributed by atoms with Gasteiger partial charge in [0.05, 0.1) is 0 Å². The van der Waals surface area contributed by atoms with Crippen molar-refractivity contribution in [3.8, 4) is 0 Å². The van der Waals surface area contributed by atoms with Crippen LogP contribution in [-0.4, -0.2) is 14.9 Å². The van der Waals surface area contributed by atoms with Crippen LogP contribution in [0, 0.1) is 0 Å². The fourth-order valence-corrected chi connectivity index (χ4v) is 1.71. The summed E-state index contributed by atoms with van der Waals surface area (Å²) in [5.74, 6) is 0. The molecule has 1 N–H and O–H groups in total. The fourth-order valence-electron chi connectivity index (χ4n) is 1.56. The van der Waals surface area contributed by atoms with Gasteiger partial charge in [-0.15, -0.1) is 0 Å². The maximum Gasteiger partial charge on any atom is 0.177 e. The zero-order valence-electron chi connectivity index (χ0n) is 7.61. The first-order valence-corrected chi connectivity index (χ1v) is 4.54. The third-order valence-electron chi connectivity index (χ3n) is 2.21. The Kier molecular flexibility index (Phi) is 2.17. The van der Waals surface area contributed by atoms with E-state index in [4.69, 9.17) is 16.8 Å². The van der Waals surface area contributed by atoms with Crippen LogP contribution in [0.2, 0.25) is 0 Å². The van der Waals surface area contributed by atoms with Crippen LogP contribution in [0.5, 0.6) is 0 Å². The van der Waals surface area contributed by atoms with E-state index >= 15 is 0 Å². The number of para-hydroxylation sites is 1. The molecular formula is C10H9ClN2O. The van der Waals surface area contributed by atoms with E-state index in [9.17, 15) is 0 Å². The molecule has 0 atom stereocenters. The van der Waals surface area contributed by atoms with Crippen LogP contribution < -0.4 is 0 Å². The summed E-state index contributed by atoms with van der Waals surface area (Å²) in [7, 11) is 1.92. The van der Waals surface area contributed by atoms with Gasteiger partial charge in [-0.3, -0.25) is 0 Å². The van der Waals surface area contributed by atoms with Crippen LogP contribution in [0.3, 0.4) is 0 Å². The SMILES string of the molecule is Cn1cc(/C(Cl)=N\O)c2ccccc21. The maximum absolute atomic E-state index is 8.60. The molecule has 0 saturated heterocycles. The van der Waals surface area contributed by atoms with Crippen molar-refractivity contribution in [3.63, 3.8) is 0 Å². The third kappa shape index (κ3) is 1.26. The lowest BCUT2D eigenvalue weighted by Gasteiger charge is -1.93. The summed E-state index contributed by atoms with van der Waals surface area (Å²) in [5, 5.41) is 12.7. The summed E-state index contributed by atoms with van der Waals surface area (Å²) in [6.07, 6.45) is 1.84. The highest BCUT2D eigenvalue weighted by atomic mass is 35.5. The normalized spacial score (nSPS) is 12.3. The van der Waals surface area contributed by atoms with E-state index < -0.39 is 0 Å². The predicted molar refractivity (Wildman–Crippen MR) is 57.1 cm³/mol. The second-order valence-electron chi connectivity index (χ2n) is 3.06. The van der Waals surface area contributed by atoms with Crippen LogP contribution in [0.4, 0.5) is 0 Å². The van der Waals surface area contributed by atoms with E-state index in [2.05, 4.69) is 5.16 Å². The van der Waals surface area contributed by atoms with Crippen LogP contribution in [0.25, 0.3) is 10.9 Å². The van der Waals surface area contributed by atoms with Gasteiger partial charge in [-0.2, -0.15) is 0 Å². The van der Waals surface area contributed by atoms with E-state index in [0.29, 0.717) is 0 Å². The van der Waals surface area contributed by atoms with Gasteiger partial charge in [-0.05, 0) is 6.07 Å². The van der Waals surface area contributed by atoms with Crippen LogP contribution in [-0.2, 0) is 7.05 Å². The molecule has 1 aromatic carbocycles. The van der Waals surface area contributed by atoms with Crippen molar-refractivity contribution < 1.29 is 5.21 Å². The molecule has 0 spiro atoms. The summed E-state index contributed by atoms with van der Waals surface area (Å²) in [4.78, 5) is 0. The average Bonchev–Trinajstić information content (AvgIpc) is 2.56. The number of hydrogen-bond donors (Lipinski definition) is 1. The molecule has 1 heterocycles. The summed E-state index contributed by atoms with van der Waals surface area (Å²) in [6.45, 7) is 0. The van der Waals surface area contributed by atoms with Gasteiger partial charge >= 0.3 is 0 Å². The molecule has 0 aliphatic rings. The lowest BCUT2D eigenvalue weighted by atomic mass is 10.2. The molecule has 0 saturated carbocycles. The highest BCUT2D eigenvalue weighted by Gasteiger charge is 2.09. The highest BCUT2D eigenvalue weighted by Crippen LogP contribution is 2.21. The zero-order valence-corrected chi connectivity index (χ0v) is 8.36. The Bertz CT molecular complexity index is 502. The number of hydrogen-bond acceptors (Lipinski definition) is 2. The Morgan fingerprint density at radius 3 is 2.86 bits per heavy atom. The van der Waals surface area contributed by atoms with Gasteiger partial charge in [-0.1, -0.05) is 35.0 Å². The van der Waals surface area contributed by atoms with Crippen LogP contribution >= 0.6 is 11.6 Å². The second kappa shape index (κ2) is 3.35. The highest BCUT2D eigenvalue weighted by molar-refractivity contribution is 6.70. The molecule has 0 aliphatic carbocycles. The molecule has 0 radical (unpaired) electrons. The Morgan fingerprint density at radius 1 is 1.43 bits per heavy atom. The number of halogens is 1. The van der Waals surface area contributed by atoms with Crippen molar-refractivity contribution in [1.82, 2.24) is 4.57 Å². The van der Waals surface area contributed by atoms with Crippen molar-refractivity contribution in [2.75, 3.05) is 0 Å². The summed E-state index contributed by atoms with van der Waals surface area (Å²) >= 11 is 5.77. The Labute approximate surface area is 86.2 Å². The second-order valence-corrected chi connectivity index (χ2v) is 3.42. The van der Waals surface area contributed by atoms with E-state index in [0.717, 1.165) is 16.5 Å². The van der Waals surface area contributed by atoms with Crippen LogP contribution in [0.1, 0.15) is 5.56 Å². The molecule has 2 aromatic rings. The molecule has 0 bridgehead atoms. The van der Waals surface area contributed by atoms with Crippen molar-refractivity contribution in [3.05, 3.63) is 36.0 Å². The van der Waals surface area contributed by atoms with Gasteiger partial charge < -0.3 is 9.77 Å². The number of fused-ring (bicyclic) bond motifs is 1. The summed E-state index contributed by atoms with van der Waals surface area (Å²) in [6, 6.07) is 7.81. The minimum absolute atomic E-state index is 0.113. The number of rotatable bonds is 1. The number of aryl methyl sites for hydroxylation is 1. The number of oxime groups is 1. The lowest BCUT2D eigenvalue weighted by molar-refractivity contribution is 0.321. The first-order valence-electron chi connectivity index (χ1n) is 4.16. The van der Waals surface area contributed by atoms with Gasteiger partial charge in [0.1, 0.15) is 0 Å². The number of benzene rings is 1. The molecule has 3 nitrogen and oxygen atoms in total. The largest absolute Gasteiger partial charge is 0.410 e. The molecule has 0 unspecified atom stereocenters. The van der Waals surface area contributed by atoms with E-state index in [1.807, 2.05) is 42.1 Å². The monoisotopic (exact) mass is 208 g/mol. The van der Waals surface area contributed by atoms with Crippen molar-refractivity contribution in [2.24, 2.45) is 12.2 Å². The maximum atomic E-state index is 8.60. The van der Waals surface area contributed by atoms with E-state index in [-0.39, 0.29) is 5.17 Å². The molecule has 72 valence electrons. The zero-order chi connectivity index (χ0) is 10.1. The smallest absolute Gasteiger partial charge is 0.177 e. The third-order valence-corrected chi connectivity index (χ3v) is 2.49. The van der Waals surface area contributed by atoms with Crippen molar-refractivity contribution in [2.45, 2.75) is 0 Å². The standard InChI is InChI=1S/C10H9ClN2O/c1-13-6-8(10(11)12-14)7-4-2-3-5-9(7)13/h2-6,14H,1H3/b12-10+. The molecule has 2 rings (SSSR count). The predicted octanol–water partition coefficient (Wildman–Crippen LogP) is 2.55. The molecular weight excluding hydrogens is 200 g/mol. The van der Waals surface area contributed by atoms with E-state index in [1.54, 1.807) is 0 Å². The Balaban J connectivity index is 2.79. The number of nitrogens with zero attached hydrogens (tertiary/aromatic N) is 2. The quantitative estimate of drug-likeness (QED) is 0.437. The van der Waals surface area contributed by atoms with E-state index in [1.165, 1.54) is 0 Å². The van der Waals surface area contributed by atoms with Crippen LogP contribution in [0.15, 0.2) is 35.6 Å². The first-order chi connectivity index (χ1) is 6.74. The summed E-state index contributed by atoms with van der Waals surface area (Å²) in [5.41, 5.74) is 1.80. The molecule has 14 heavy (non-hydrogen) atoms. The van der Waals surface area contributed by atoms with Crippen molar-refractivity contribution in [1.29, 1.82) is 0 Å². The van der Waals surface area contributed by atoms with Gasteiger partial charge in [0.2, 0.25) is 0 Å². The minimum Gasteiger partial charge on any atom is -0.410 e. The van der Waals surface area contributed by atoms with Gasteiger partial charge in [-0.25, -0.2) is 0 Å². The minimum atomic E-state index is 0.113. The molecule has 0 aliphatic heterocycles. The lowest BCUT2D eigenvalue weighted by Crippen LogP contribution is -1.88. The molecule has 0 amide bonds. The average molecular weight is 209 g/mol. The molecule has 1 aromatic heterocycles. The fraction of sp³-hybridized carbons (Fsp3) is 0.100. The van der Waals surface area contributed by atoms with Gasteiger partial charge in [0.15, 0.2) is 5.17 Å². The van der Waals surface area contributed by atoms with Gasteiger partial charge in [0.25, 0.3) is 0 Å². The number of aromatic nitrogens is 1. The molecule has 0 fully saturated rings. The first kappa shape index (κ1) is 9.09. The molecule has 4 heteroatoms. The Hall–Kier alpha value is -1.48. The van der Waals surface area contributed by atoms with Gasteiger partial charge in [0, 0.05) is 29.7 Å². The van der Waals surface area contributed by atoms with Crippen molar-refractivity contribution >= 4 is 27.7 Å². The Morgan fingerprint density at radius 2 is 2.14 bits per heavy atom. The summed E-state index contributed by atoms with van der Waals surface area (Å²) < 4.78 is 1.94. The topological polar surface area (TPSA) is 37.5 Å².